The summed E-state index contributed by atoms with van der Waals surface area (Å²) in [6.07, 6.45) is 4.37. The maximum Gasteiger partial charge on any atom is 0.244 e. The van der Waals surface area contributed by atoms with Crippen LogP contribution in [-0.4, -0.2) is 67.4 Å². The molecule has 0 aromatic heterocycles. The van der Waals surface area contributed by atoms with Crippen LogP contribution in [0.15, 0.2) is 66.7 Å². The highest BCUT2D eigenvalue weighted by molar-refractivity contribution is 5.83. The Kier molecular flexibility index (Phi) is 6.80. The minimum absolute atomic E-state index is 0.200. The van der Waals surface area contributed by atoms with Gasteiger partial charge in [-0.2, -0.15) is 0 Å². The lowest BCUT2D eigenvalue weighted by Crippen LogP contribution is -2.51. The number of carbonyl (C=O) groups excluding carboxylic acids is 1. The van der Waals surface area contributed by atoms with Crippen molar-refractivity contribution in [2.24, 2.45) is 0 Å². The van der Waals surface area contributed by atoms with E-state index in [0.717, 1.165) is 38.3 Å². The summed E-state index contributed by atoms with van der Waals surface area (Å²) in [5, 5.41) is 0. The molecule has 27 heavy (non-hydrogen) atoms. The van der Waals surface area contributed by atoms with Gasteiger partial charge in [-0.1, -0.05) is 72.8 Å². The van der Waals surface area contributed by atoms with Gasteiger partial charge >= 0.3 is 0 Å². The Morgan fingerprint density at radius 1 is 0.963 bits per heavy atom. The van der Waals surface area contributed by atoms with E-state index in [9.17, 15) is 4.79 Å². The number of benzene rings is 2. The standard InChI is InChI=1S/C23H29N3O/c1-24(2)22(21-13-7-4-8-14-21)23(27)26-18-16-25(17-19-26)15-9-12-20-10-5-3-6-11-20/h3-14,22H,15-19H2,1-2H3/b12-9+. The third-order valence-electron chi connectivity index (χ3n) is 5.02. The first-order chi connectivity index (χ1) is 13.1. The van der Waals surface area contributed by atoms with Gasteiger partial charge in [-0.25, -0.2) is 0 Å². The molecule has 142 valence electrons. The first-order valence-electron chi connectivity index (χ1n) is 9.59. The molecule has 2 aromatic carbocycles. The zero-order valence-electron chi connectivity index (χ0n) is 16.3. The van der Waals surface area contributed by atoms with E-state index in [1.807, 2.05) is 60.3 Å². The van der Waals surface area contributed by atoms with Crippen molar-refractivity contribution in [1.82, 2.24) is 14.7 Å². The highest BCUT2D eigenvalue weighted by atomic mass is 16.2. The molecule has 1 unspecified atom stereocenters. The van der Waals surface area contributed by atoms with Crippen LogP contribution in [0.1, 0.15) is 17.2 Å². The molecule has 1 aliphatic heterocycles. The summed E-state index contributed by atoms with van der Waals surface area (Å²) in [6.45, 7) is 4.33. The van der Waals surface area contributed by atoms with E-state index >= 15 is 0 Å². The van der Waals surface area contributed by atoms with Crippen LogP contribution in [0, 0.1) is 0 Å². The molecule has 0 spiro atoms. The topological polar surface area (TPSA) is 26.8 Å². The Balaban J connectivity index is 1.53. The largest absolute Gasteiger partial charge is 0.338 e. The lowest BCUT2D eigenvalue weighted by Gasteiger charge is -2.37. The van der Waals surface area contributed by atoms with Gasteiger partial charge in [0.2, 0.25) is 5.91 Å². The SMILES string of the molecule is CN(C)C(C(=O)N1CCN(C/C=C/c2ccccc2)CC1)c1ccccc1. The van der Waals surface area contributed by atoms with Crippen LogP contribution < -0.4 is 0 Å². The van der Waals surface area contributed by atoms with Crippen molar-refractivity contribution in [3.8, 4) is 0 Å². The maximum atomic E-state index is 13.1. The fourth-order valence-corrected chi connectivity index (χ4v) is 3.52. The number of amides is 1. The minimum atomic E-state index is -0.212. The Morgan fingerprint density at radius 2 is 1.56 bits per heavy atom. The normalized spacial score (nSPS) is 16.8. The van der Waals surface area contributed by atoms with Crippen molar-refractivity contribution in [2.75, 3.05) is 46.8 Å². The first-order valence-corrected chi connectivity index (χ1v) is 9.59. The number of hydrogen-bond donors (Lipinski definition) is 0. The molecule has 0 saturated carbocycles. The van der Waals surface area contributed by atoms with E-state index in [0.29, 0.717) is 0 Å². The van der Waals surface area contributed by atoms with Crippen LogP contribution >= 0.6 is 0 Å². The lowest BCUT2D eigenvalue weighted by atomic mass is 10.0. The summed E-state index contributed by atoms with van der Waals surface area (Å²) in [5.74, 6) is 0.200. The van der Waals surface area contributed by atoms with Crippen molar-refractivity contribution >= 4 is 12.0 Å². The smallest absolute Gasteiger partial charge is 0.244 e. The van der Waals surface area contributed by atoms with Crippen molar-refractivity contribution < 1.29 is 4.79 Å². The number of nitrogens with zero attached hydrogens (tertiary/aromatic N) is 3. The second kappa shape index (κ2) is 9.49. The van der Waals surface area contributed by atoms with Crippen LogP contribution in [0.4, 0.5) is 0 Å². The molecular formula is C23H29N3O. The summed E-state index contributed by atoms with van der Waals surface area (Å²) in [7, 11) is 3.94. The van der Waals surface area contributed by atoms with E-state index in [4.69, 9.17) is 0 Å². The molecule has 0 radical (unpaired) electrons. The van der Waals surface area contributed by atoms with E-state index in [-0.39, 0.29) is 11.9 Å². The Hall–Kier alpha value is -2.43. The summed E-state index contributed by atoms with van der Waals surface area (Å²) >= 11 is 0. The number of hydrogen-bond acceptors (Lipinski definition) is 3. The molecule has 1 fully saturated rings. The van der Waals surface area contributed by atoms with Crippen LogP contribution in [0.25, 0.3) is 6.08 Å². The van der Waals surface area contributed by atoms with E-state index in [1.54, 1.807) is 0 Å². The summed E-state index contributed by atoms with van der Waals surface area (Å²) < 4.78 is 0. The summed E-state index contributed by atoms with van der Waals surface area (Å²) in [4.78, 5) is 19.5. The molecule has 1 atom stereocenters. The molecule has 1 aliphatic rings. The van der Waals surface area contributed by atoms with Crippen molar-refractivity contribution in [2.45, 2.75) is 6.04 Å². The third kappa shape index (κ3) is 5.28. The van der Waals surface area contributed by atoms with Gasteiger partial charge in [-0.05, 0) is 25.2 Å². The molecule has 4 heteroatoms. The number of likely N-dealkylation sites (N-methyl/N-ethyl adjacent to an activating group) is 1. The van der Waals surface area contributed by atoms with Gasteiger partial charge in [0, 0.05) is 32.7 Å². The van der Waals surface area contributed by atoms with Gasteiger partial charge in [0.05, 0.1) is 0 Å². The molecule has 0 aliphatic carbocycles. The summed E-state index contributed by atoms with van der Waals surface area (Å²) in [6, 6.07) is 20.2. The molecule has 4 nitrogen and oxygen atoms in total. The fourth-order valence-electron chi connectivity index (χ4n) is 3.52. The molecule has 0 bridgehead atoms. The average molecular weight is 364 g/mol. The van der Waals surface area contributed by atoms with Gasteiger partial charge in [0.25, 0.3) is 0 Å². The Morgan fingerprint density at radius 3 is 2.15 bits per heavy atom. The Bertz CT molecular complexity index is 735. The van der Waals surface area contributed by atoms with E-state index in [1.165, 1.54) is 5.56 Å². The van der Waals surface area contributed by atoms with E-state index in [2.05, 4.69) is 41.3 Å². The Labute approximate surface area is 162 Å². The maximum absolute atomic E-state index is 13.1. The predicted octanol–water partition coefficient (Wildman–Crippen LogP) is 3.15. The van der Waals surface area contributed by atoms with Gasteiger partial charge in [0.1, 0.15) is 6.04 Å². The molecule has 1 amide bonds. The molecule has 1 saturated heterocycles. The second-order valence-electron chi connectivity index (χ2n) is 7.22. The third-order valence-corrected chi connectivity index (χ3v) is 5.02. The first kappa shape index (κ1) is 19.3. The minimum Gasteiger partial charge on any atom is -0.338 e. The van der Waals surface area contributed by atoms with Crippen molar-refractivity contribution in [3.05, 3.63) is 77.9 Å². The van der Waals surface area contributed by atoms with Gasteiger partial charge in [-0.15, -0.1) is 0 Å². The van der Waals surface area contributed by atoms with E-state index < -0.39 is 0 Å². The molecule has 2 aromatic rings. The molecule has 1 heterocycles. The monoisotopic (exact) mass is 363 g/mol. The van der Waals surface area contributed by atoms with Gasteiger partial charge in [0.15, 0.2) is 0 Å². The number of carbonyl (C=O) groups is 1. The van der Waals surface area contributed by atoms with Crippen LogP contribution in [0.3, 0.4) is 0 Å². The predicted molar refractivity (Wildman–Crippen MR) is 111 cm³/mol. The van der Waals surface area contributed by atoms with Gasteiger partial charge < -0.3 is 4.90 Å². The highest BCUT2D eigenvalue weighted by Gasteiger charge is 2.29. The van der Waals surface area contributed by atoms with Gasteiger partial charge in [-0.3, -0.25) is 14.6 Å². The quantitative estimate of drug-likeness (QED) is 0.789. The fraction of sp³-hybridized carbons (Fsp3) is 0.348. The lowest BCUT2D eigenvalue weighted by molar-refractivity contribution is -0.138. The highest BCUT2D eigenvalue weighted by Crippen LogP contribution is 2.21. The molecule has 3 rings (SSSR count). The number of rotatable bonds is 6. The van der Waals surface area contributed by atoms with Crippen molar-refractivity contribution in [3.63, 3.8) is 0 Å². The second-order valence-corrected chi connectivity index (χ2v) is 7.22. The number of piperazine rings is 1. The molecular weight excluding hydrogens is 334 g/mol. The molecule has 0 N–H and O–H groups in total. The zero-order valence-corrected chi connectivity index (χ0v) is 16.3. The van der Waals surface area contributed by atoms with Crippen LogP contribution in [0.2, 0.25) is 0 Å². The van der Waals surface area contributed by atoms with Crippen LogP contribution in [0.5, 0.6) is 0 Å². The van der Waals surface area contributed by atoms with Crippen LogP contribution in [-0.2, 0) is 4.79 Å². The zero-order chi connectivity index (χ0) is 19.1. The van der Waals surface area contributed by atoms with Crippen molar-refractivity contribution in [1.29, 1.82) is 0 Å². The average Bonchev–Trinajstić information content (AvgIpc) is 2.70. The summed E-state index contributed by atoms with van der Waals surface area (Å²) in [5.41, 5.74) is 2.28.